The number of carbonyl (C=O) groups is 1. The van der Waals surface area contributed by atoms with Gasteiger partial charge in [-0.25, -0.2) is 8.42 Å². The Balaban J connectivity index is 1.73. The fraction of sp³-hybridized carbons (Fsp3) is 0.611. The Morgan fingerprint density at radius 3 is 2.50 bits per heavy atom. The van der Waals surface area contributed by atoms with E-state index in [1.165, 1.54) is 9.21 Å². The zero-order valence-corrected chi connectivity index (χ0v) is 16.5. The van der Waals surface area contributed by atoms with E-state index in [9.17, 15) is 26.4 Å². The first kappa shape index (κ1) is 20.9. The Labute approximate surface area is 162 Å². The highest BCUT2D eigenvalue weighted by atomic mass is 32.2. The van der Waals surface area contributed by atoms with E-state index in [1.807, 2.05) is 0 Å². The lowest BCUT2D eigenvalue weighted by molar-refractivity contribution is -0.145. The minimum absolute atomic E-state index is 0.179. The van der Waals surface area contributed by atoms with Crippen molar-refractivity contribution in [1.82, 2.24) is 9.80 Å². The molecule has 0 atom stereocenters. The van der Waals surface area contributed by atoms with Crippen LogP contribution < -0.4 is 4.31 Å². The first-order chi connectivity index (χ1) is 13.0. The normalized spacial score (nSPS) is 19.3. The van der Waals surface area contributed by atoms with Crippen molar-refractivity contribution >= 4 is 21.6 Å². The number of nitrogens with zero attached hydrogens (tertiary/aromatic N) is 3. The number of hydrogen-bond donors (Lipinski definition) is 0. The van der Waals surface area contributed by atoms with Crippen LogP contribution in [-0.4, -0.2) is 75.8 Å². The molecule has 0 saturated carbocycles. The van der Waals surface area contributed by atoms with E-state index in [-0.39, 0.29) is 19.0 Å². The summed E-state index contributed by atoms with van der Waals surface area (Å²) in [6.07, 6.45) is -1.25. The Morgan fingerprint density at radius 1 is 1.07 bits per heavy atom. The Morgan fingerprint density at radius 2 is 1.82 bits per heavy atom. The lowest BCUT2D eigenvalue weighted by Gasteiger charge is -2.30. The van der Waals surface area contributed by atoms with Crippen molar-refractivity contribution < 1.29 is 26.4 Å². The Kier molecular flexibility index (Phi) is 5.90. The second-order valence-corrected chi connectivity index (χ2v) is 9.23. The van der Waals surface area contributed by atoms with Crippen LogP contribution in [0.2, 0.25) is 0 Å². The summed E-state index contributed by atoms with van der Waals surface area (Å²) in [7, 11) is -3.38. The molecule has 28 heavy (non-hydrogen) atoms. The second-order valence-electron chi connectivity index (χ2n) is 7.32. The number of aryl methyl sites for hydroxylation is 1. The molecule has 1 amide bonds. The van der Waals surface area contributed by atoms with Crippen molar-refractivity contribution in [2.45, 2.75) is 25.4 Å². The van der Waals surface area contributed by atoms with Gasteiger partial charge in [0.25, 0.3) is 5.91 Å². The quantitative estimate of drug-likeness (QED) is 0.753. The zero-order chi connectivity index (χ0) is 20.5. The van der Waals surface area contributed by atoms with Crippen molar-refractivity contribution in [3.8, 4) is 0 Å². The maximum Gasteiger partial charge on any atom is 0.401 e. The lowest BCUT2D eigenvalue weighted by atomic mass is 10.00. The van der Waals surface area contributed by atoms with E-state index in [2.05, 4.69) is 0 Å². The highest BCUT2D eigenvalue weighted by Gasteiger charge is 2.32. The van der Waals surface area contributed by atoms with Gasteiger partial charge in [0, 0.05) is 38.3 Å². The molecule has 0 bridgehead atoms. The molecule has 2 aliphatic heterocycles. The molecule has 1 aromatic carbocycles. The third kappa shape index (κ3) is 4.96. The molecule has 156 valence electrons. The summed E-state index contributed by atoms with van der Waals surface area (Å²) >= 11 is 0. The molecule has 0 spiro atoms. The average molecular weight is 419 g/mol. The number of fused-ring (bicyclic) bond motifs is 1. The van der Waals surface area contributed by atoms with E-state index in [0.717, 1.165) is 11.8 Å². The summed E-state index contributed by atoms with van der Waals surface area (Å²) < 4.78 is 63.0. The van der Waals surface area contributed by atoms with Crippen LogP contribution >= 0.6 is 0 Å². The molecule has 10 heteroatoms. The first-order valence-corrected chi connectivity index (χ1v) is 11.1. The number of carbonyl (C=O) groups excluding carboxylic acids is 1. The smallest absolute Gasteiger partial charge is 0.337 e. The van der Waals surface area contributed by atoms with Crippen LogP contribution in [0.15, 0.2) is 18.2 Å². The molecular formula is C18H24F3N3O3S. The third-order valence-corrected chi connectivity index (χ3v) is 6.26. The molecule has 0 aliphatic carbocycles. The number of sulfonamides is 1. The highest BCUT2D eigenvalue weighted by Crippen LogP contribution is 2.30. The van der Waals surface area contributed by atoms with E-state index in [0.29, 0.717) is 50.1 Å². The molecule has 2 aliphatic rings. The zero-order valence-electron chi connectivity index (χ0n) is 15.7. The topological polar surface area (TPSA) is 60.9 Å². The van der Waals surface area contributed by atoms with E-state index in [4.69, 9.17) is 0 Å². The van der Waals surface area contributed by atoms with Gasteiger partial charge in [-0.1, -0.05) is 0 Å². The lowest BCUT2D eigenvalue weighted by Crippen LogP contribution is -2.38. The van der Waals surface area contributed by atoms with Crippen LogP contribution in [0.5, 0.6) is 0 Å². The monoisotopic (exact) mass is 419 g/mol. The third-order valence-electron chi connectivity index (χ3n) is 5.08. The first-order valence-electron chi connectivity index (χ1n) is 9.23. The van der Waals surface area contributed by atoms with Gasteiger partial charge in [-0.15, -0.1) is 0 Å². The fourth-order valence-corrected chi connectivity index (χ4v) is 4.80. The SMILES string of the molecule is CS(=O)(=O)N1CCCc2cc(C(=O)N3CCCN(CC(F)(F)F)CC3)ccc21. The maximum absolute atomic E-state index is 12.9. The van der Waals surface area contributed by atoms with E-state index < -0.39 is 22.7 Å². The molecular weight excluding hydrogens is 395 g/mol. The van der Waals surface area contributed by atoms with Crippen LogP contribution in [0.4, 0.5) is 18.9 Å². The molecule has 0 radical (unpaired) electrons. The molecule has 0 aromatic heterocycles. The fourth-order valence-electron chi connectivity index (χ4n) is 3.81. The molecule has 0 unspecified atom stereocenters. The van der Waals surface area contributed by atoms with Crippen molar-refractivity contribution in [3.05, 3.63) is 29.3 Å². The molecule has 0 N–H and O–H groups in total. The van der Waals surface area contributed by atoms with Crippen molar-refractivity contribution in [2.24, 2.45) is 0 Å². The summed E-state index contributed by atoms with van der Waals surface area (Å²) in [5.74, 6) is -0.229. The van der Waals surface area contributed by atoms with Crippen molar-refractivity contribution in [2.75, 3.05) is 49.8 Å². The predicted octanol–water partition coefficient (Wildman–Crippen LogP) is 2.11. The molecule has 6 nitrogen and oxygen atoms in total. The van der Waals surface area contributed by atoms with Gasteiger partial charge >= 0.3 is 6.18 Å². The van der Waals surface area contributed by atoms with Gasteiger partial charge in [-0.3, -0.25) is 14.0 Å². The molecule has 3 rings (SSSR count). The molecule has 2 heterocycles. The molecule has 1 saturated heterocycles. The van der Waals surface area contributed by atoms with E-state index >= 15 is 0 Å². The van der Waals surface area contributed by atoms with Gasteiger partial charge in [0.05, 0.1) is 18.5 Å². The highest BCUT2D eigenvalue weighted by molar-refractivity contribution is 7.92. The molecule has 1 aromatic rings. The Hall–Kier alpha value is -1.81. The molecule has 1 fully saturated rings. The predicted molar refractivity (Wildman–Crippen MR) is 100.0 cm³/mol. The van der Waals surface area contributed by atoms with Crippen LogP contribution in [0.25, 0.3) is 0 Å². The number of amides is 1. The van der Waals surface area contributed by atoms with Gasteiger partial charge in [0.2, 0.25) is 10.0 Å². The second kappa shape index (κ2) is 7.90. The average Bonchev–Trinajstić information content (AvgIpc) is 2.83. The largest absolute Gasteiger partial charge is 0.401 e. The summed E-state index contributed by atoms with van der Waals surface area (Å²) in [5.41, 5.74) is 1.84. The van der Waals surface area contributed by atoms with Crippen LogP contribution in [0.1, 0.15) is 28.8 Å². The minimum Gasteiger partial charge on any atom is -0.337 e. The van der Waals surface area contributed by atoms with Gasteiger partial charge in [-0.2, -0.15) is 13.2 Å². The van der Waals surface area contributed by atoms with Crippen molar-refractivity contribution in [1.29, 1.82) is 0 Å². The number of hydrogen-bond acceptors (Lipinski definition) is 4. The summed E-state index contributed by atoms with van der Waals surface area (Å²) in [6, 6.07) is 4.97. The minimum atomic E-state index is -4.25. The summed E-state index contributed by atoms with van der Waals surface area (Å²) in [4.78, 5) is 15.8. The number of halogens is 3. The number of rotatable bonds is 3. The van der Waals surface area contributed by atoms with E-state index in [1.54, 1.807) is 23.1 Å². The Bertz CT molecular complexity index is 842. The summed E-state index contributed by atoms with van der Waals surface area (Å²) in [5, 5.41) is 0. The van der Waals surface area contributed by atoms with Gasteiger partial charge < -0.3 is 4.90 Å². The van der Waals surface area contributed by atoms with Crippen LogP contribution in [0.3, 0.4) is 0 Å². The number of benzene rings is 1. The van der Waals surface area contributed by atoms with Gasteiger partial charge in [0.1, 0.15) is 0 Å². The van der Waals surface area contributed by atoms with Crippen molar-refractivity contribution in [3.63, 3.8) is 0 Å². The summed E-state index contributed by atoms with van der Waals surface area (Å²) in [6.45, 7) is 0.575. The maximum atomic E-state index is 12.9. The van der Waals surface area contributed by atoms with Gasteiger partial charge in [0.15, 0.2) is 0 Å². The van der Waals surface area contributed by atoms with Crippen LogP contribution in [0, 0.1) is 0 Å². The number of anilines is 1. The standard InChI is InChI=1S/C18H24F3N3O3S/c1-28(26,27)24-9-2-4-14-12-15(5-6-16(14)24)17(25)23-8-3-7-22(10-11-23)13-18(19,20)21/h5-6,12H,2-4,7-11,13H2,1H3. The number of alkyl halides is 3. The van der Waals surface area contributed by atoms with Crippen LogP contribution in [-0.2, 0) is 16.4 Å². The van der Waals surface area contributed by atoms with Gasteiger partial charge in [-0.05, 0) is 43.0 Å².